The summed E-state index contributed by atoms with van der Waals surface area (Å²) in [4.78, 5) is 18.5. The third-order valence-electron chi connectivity index (χ3n) is 4.66. The van der Waals surface area contributed by atoms with E-state index in [1.165, 1.54) is 32.0 Å². The number of nitrogens with one attached hydrogen (secondary N) is 2. The highest BCUT2D eigenvalue weighted by molar-refractivity contribution is 5.88. The second-order valence-electron chi connectivity index (χ2n) is 6.09. The predicted octanol–water partition coefficient (Wildman–Crippen LogP) is 2.74. The fraction of sp³-hybridized carbons (Fsp3) is 0.500. The molecule has 21 heavy (non-hydrogen) atoms. The second-order valence-corrected chi connectivity index (χ2v) is 6.09. The highest BCUT2D eigenvalue weighted by Gasteiger charge is 2.21. The molecule has 2 aromatic rings. The van der Waals surface area contributed by atoms with Crippen molar-refractivity contribution in [3.63, 3.8) is 0 Å². The van der Waals surface area contributed by atoms with Gasteiger partial charge in [0.25, 0.3) is 5.56 Å². The molecular weight excluding hydrogens is 264 g/mol. The van der Waals surface area contributed by atoms with Gasteiger partial charge in [0.15, 0.2) is 0 Å². The number of nitrogens with two attached hydrogens (primary N) is 1. The lowest BCUT2D eigenvalue weighted by Crippen LogP contribution is -2.24. The molecule has 1 aromatic carbocycles. The van der Waals surface area contributed by atoms with Crippen LogP contribution >= 0.6 is 0 Å². The van der Waals surface area contributed by atoms with Gasteiger partial charge in [0.05, 0.1) is 28.6 Å². The summed E-state index contributed by atoms with van der Waals surface area (Å²) in [5.74, 6) is 1.45. The molecule has 1 fully saturated rings. The maximum Gasteiger partial charge on any atom is 0.258 e. The summed E-state index contributed by atoms with van der Waals surface area (Å²) in [6.07, 6.45) is 6.69. The van der Waals surface area contributed by atoms with Gasteiger partial charge >= 0.3 is 0 Å². The number of aromatic nitrogens is 2. The largest absolute Gasteiger partial charge is 0.397 e. The maximum atomic E-state index is 11.7. The number of hydrogen-bond acceptors (Lipinski definition) is 4. The Morgan fingerprint density at radius 3 is 3.00 bits per heavy atom. The fourth-order valence-corrected chi connectivity index (χ4v) is 3.22. The number of nitrogen functional groups attached to an aromatic ring is 1. The van der Waals surface area contributed by atoms with Crippen molar-refractivity contribution in [1.29, 1.82) is 0 Å². The van der Waals surface area contributed by atoms with Gasteiger partial charge in [-0.15, -0.1) is 0 Å². The molecule has 0 aliphatic heterocycles. The molecule has 0 radical (unpaired) electrons. The topological polar surface area (TPSA) is 83.8 Å². The quantitative estimate of drug-likeness (QED) is 0.757. The number of anilines is 2. The summed E-state index contributed by atoms with van der Waals surface area (Å²) in [6, 6.07) is 3.57. The van der Waals surface area contributed by atoms with Crippen LogP contribution in [0.2, 0.25) is 0 Å². The summed E-state index contributed by atoms with van der Waals surface area (Å²) >= 11 is 0. The molecule has 1 saturated carbocycles. The van der Waals surface area contributed by atoms with Crippen molar-refractivity contribution in [1.82, 2.24) is 9.97 Å². The number of nitrogens with zero attached hydrogens (tertiary/aromatic N) is 1. The van der Waals surface area contributed by atoms with Crippen molar-refractivity contribution >= 4 is 22.3 Å². The van der Waals surface area contributed by atoms with Gasteiger partial charge in [-0.25, -0.2) is 4.98 Å². The van der Waals surface area contributed by atoms with Crippen LogP contribution in [0.1, 0.15) is 32.6 Å². The first-order valence-corrected chi connectivity index (χ1v) is 7.66. The molecule has 2 unspecified atom stereocenters. The lowest BCUT2D eigenvalue weighted by atomic mass is 9.80. The van der Waals surface area contributed by atoms with E-state index in [9.17, 15) is 4.79 Å². The molecule has 5 nitrogen and oxygen atoms in total. The SMILES string of the molecule is CC1CCCCC1CNc1cc2nc[nH]c(=O)c2cc1N. The van der Waals surface area contributed by atoms with E-state index in [2.05, 4.69) is 22.2 Å². The summed E-state index contributed by atoms with van der Waals surface area (Å²) in [5.41, 5.74) is 8.06. The number of fused-ring (bicyclic) bond motifs is 1. The first-order chi connectivity index (χ1) is 10.1. The number of aromatic amines is 1. The Labute approximate surface area is 124 Å². The van der Waals surface area contributed by atoms with Crippen molar-refractivity contribution in [2.75, 3.05) is 17.6 Å². The zero-order chi connectivity index (χ0) is 14.8. The zero-order valence-electron chi connectivity index (χ0n) is 12.4. The molecule has 0 amide bonds. The van der Waals surface area contributed by atoms with Gasteiger partial charge in [0.1, 0.15) is 0 Å². The maximum absolute atomic E-state index is 11.7. The highest BCUT2D eigenvalue weighted by Crippen LogP contribution is 2.30. The van der Waals surface area contributed by atoms with Crippen molar-refractivity contribution in [2.45, 2.75) is 32.6 Å². The Morgan fingerprint density at radius 2 is 2.19 bits per heavy atom. The van der Waals surface area contributed by atoms with Crippen molar-refractivity contribution in [2.24, 2.45) is 11.8 Å². The molecular formula is C16H22N4O. The summed E-state index contributed by atoms with van der Waals surface area (Å²) in [6.45, 7) is 3.26. The van der Waals surface area contributed by atoms with Gasteiger partial charge in [-0.2, -0.15) is 0 Å². The minimum atomic E-state index is -0.154. The van der Waals surface area contributed by atoms with Crippen LogP contribution in [-0.2, 0) is 0 Å². The van der Waals surface area contributed by atoms with Crippen LogP contribution in [0, 0.1) is 11.8 Å². The van der Waals surface area contributed by atoms with E-state index in [1.54, 1.807) is 6.07 Å². The smallest absolute Gasteiger partial charge is 0.258 e. The molecule has 1 aliphatic rings. The lowest BCUT2D eigenvalue weighted by Gasteiger charge is -2.29. The van der Waals surface area contributed by atoms with E-state index in [4.69, 9.17) is 5.73 Å². The number of hydrogen-bond donors (Lipinski definition) is 3. The minimum Gasteiger partial charge on any atom is -0.397 e. The predicted molar refractivity (Wildman–Crippen MR) is 86.4 cm³/mol. The summed E-state index contributed by atoms with van der Waals surface area (Å²) < 4.78 is 0. The number of rotatable bonds is 3. The third kappa shape index (κ3) is 2.86. The van der Waals surface area contributed by atoms with Gasteiger partial charge in [-0.05, 0) is 30.4 Å². The van der Waals surface area contributed by atoms with E-state index in [-0.39, 0.29) is 5.56 Å². The van der Waals surface area contributed by atoms with Crippen LogP contribution < -0.4 is 16.6 Å². The Balaban J connectivity index is 1.80. The fourth-order valence-electron chi connectivity index (χ4n) is 3.22. The van der Waals surface area contributed by atoms with Crippen LogP contribution in [0.3, 0.4) is 0 Å². The molecule has 3 rings (SSSR count). The Bertz CT molecular complexity index is 694. The number of H-pyrrole nitrogens is 1. The standard InChI is InChI=1S/C16H22N4O/c1-10-4-2-3-5-11(10)8-18-15-7-14-12(6-13(15)17)16(21)20-9-19-14/h6-7,9-11,18H,2-5,8,17H2,1H3,(H,19,20,21). The van der Waals surface area contributed by atoms with Gasteiger partial charge in [-0.3, -0.25) is 4.79 Å². The molecule has 1 aromatic heterocycles. The van der Waals surface area contributed by atoms with E-state index in [0.29, 0.717) is 22.5 Å². The molecule has 0 bridgehead atoms. The number of benzene rings is 1. The summed E-state index contributed by atoms with van der Waals surface area (Å²) in [5, 5.41) is 3.98. The molecule has 0 saturated heterocycles. The monoisotopic (exact) mass is 286 g/mol. The third-order valence-corrected chi connectivity index (χ3v) is 4.66. The first-order valence-electron chi connectivity index (χ1n) is 7.66. The Kier molecular flexibility index (Phi) is 3.82. The Morgan fingerprint density at radius 1 is 1.38 bits per heavy atom. The van der Waals surface area contributed by atoms with Crippen LogP contribution in [0.25, 0.3) is 10.9 Å². The van der Waals surface area contributed by atoms with Crippen molar-refractivity contribution in [3.8, 4) is 0 Å². The zero-order valence-corrected chi connectivity index (χ0v) is 12.4. The summed E-state index contributed by atoms with van der Waals surface area (Å²) in [7, 11) is 0. The highest BCUT2D eigenvalue weighted by atomic mass is 16.1. The van der Waals surface area contributed by atoms with E-state index >= 15 is 0 Å². The molecule has 0 spiro atoms. The van der Waals surface area contributed by atoms with Crippen LogP contribution in [0.5, 0.6) is 0 Å². The van der Waals surface area contributed by atoms with Crippen LogP contribution in [-0.4, -0.2) is 16.5 Å². The second kappa shape index (κ2) is 5.76. The molecule has 5 heteroatoms. The normalized spacial score (nSPS) is 22.3. The van der Waals surface area contributed by atoms with Crippen LogP contribution in [0.4, 0.5) is 11.4 Å². The molecule has 1 aliphatic carbocycles. The average Bonchev–Trinajstić information content (AvgIpc) is 2.48. The van der Waals surface area contributed by atoms with Gasteiger partial charge in [0.2, 0.25) is 0 Å². The average molecular weight is 286 g/mol. The molecule has 4 N–H and O–H groups in total. The lowest BCUT2D eigenvalue weighted by molar-refractivity contribution is 0.268. The van der Waals surface area contributed by atoms with Crippen molar-refractivity contribution < 1.29 is 0 Å². The van der Waals surface area contributed by atoms with Gasteiger partial charge < -0.3 is 16.0 Å². The molecule has 112 valence electrons. The van der Waals surface area contributed by atoms with E-state index < -0.39 is 0 Å². The first kappa shape index (κ1) is 13.9. The minimum absolute atomic E-state index is 0.154. The van der Waals surface area contributed by atoms with Crippen molar-refractivity contribution in [3.05, 3.63) is 28.8 Å². The molecule has 1 heterocycles. The van der Waals surface area contributed by atoms with Gasteiger partial charge in [-0.1, -0.05) is 26.2 Å². The van der Waals surface area contributed by atoms with E-state index in [0.717, 1.165) is 18.2 Å². The van der Waals surface area contributed by atoms with E-state index in [1.807, 2.05) is 6.07 Å². The Hall–Kier alpha value is -2.04. The van der Waals surface area contributed by atoms with Gasteiger partial charge in [0, 0.05) is 6.54 Å². The molecule has 2 atom stereocenters. The van der Waals surface area contributed by atoms with Crippen LogP contribution in [0.15, 0.2) is 23.3 Å².